The topological polar surface area (TPSA) is 64.1 Å². The second kappa shape index (κ2) is 4.91. The minimum Gasteiger partial charge on any atom is -0.469 e. The number of aromatic nitrogens is 1. The summed E-state index contributed by atoms with van der Waals surface area (Å²) in [5, 5.41) is 3.35. The molecule has 0 aliphatic carbocycles. The van der Waals surface area contributed by atoms with Crippen LogP contribution in [0.3, 0.4) is 0 Å². The van der Waals surface area contributed by atoms with Gasteiger partial charge in [0.25, 0.3) is 0 Å². The number of aryl methyl sites for hydroxylation is 1. The molecule has 0 aliphatic heterocycles. The Morgan fingerprint density at radius 1 is 1.53 bits per heavy atom. The largest absolute Gasteiger partial charge is 0.469 e. The van der Waals surface area contributed by atoms with Gasteiger partial charge >= 0.3 is 0 Å². The molecule has 0 aromatic carbocycles. The van der Waals surface area contributed by atoms with Crippen molar-refractivity contribution >= 4 is 11.5 Å². The molecular formula is C13H17N3O. The summed E-state index contributed by atoms with van der Waals surface area (Å²) in [4.78, 5) is 4.28. The normalized spacial score (nSPS) is 12.4. The van der Waals surface area contributed by atoms with E-state index in [-0.39, 0.29) is 6.04 Å². The Kier molecular flexibility index (Phi) is 3.32. The molecule has 4 heteroatoms. The Labute approximate surface area is 101 Å². The average molecular weight is 231 g/mol. The molecule has 0 amide bonds. The van der Waals surface area contributed by atoms with E-state index >= 15 is 0 Å². The predicted molar refractivity (Wildman–Crippen MR) is 68.9 cm³/mol. The summed E-state index contributed by atoms with van der Waals surface area (Å²) in [6.07, 6.45) is 4.18. The van der Waals surface area contributed by atoms with E-state index in [1.54, 1.807) is 12.5 Å². The summed E-state index contributed by atoms with van der Waals surface area (Å²) in [7, 11) is 0. The maximum Gasteiger partial charge on any atom is 0.129 e. The number of furan rings is 1. The Morgan fingerprint density at radius 3 is 3.00 bits per heavy atom. The predicted octanol–water partition coefficient (Wildman–Crippen LogP) is 2.61. The van der Waals surface area contributed by atoms with E-state index in [1.165, 1.54) is 0 Å². The van der Waals surface area contributed by atoms with Crippen LogP contribution in [0.2, 0.25) is 0 Å². The Morgan fingerprint density at radius 2 is 2.35 bits per heavy atom. The van der Waals surface area contributed by atoms with E-state index in [9.17, 15) is 0 Å². The van der Waals surface area contributed by atoms with Gasteiger partial charge in [0, 0.05) is 12.5 Å². The summed E-state index contributed by atoms with van der Waals surface area (Å²) in [6.45, 7) is 4.09. The molecule has 4 nitrogen and oxygen atoms in total. The van der Waals surface area contributed by atoms with E-state index in [2.05, 4.69) is 17.2 Å². The third-order valence-electron chi connectivity index (χ3n) is 2.57. The number of nitrogens with zero attached hydrogens (tertiary/aromatic N) is 1. The summed E-state index contributed by atoms with van der Waals surface area (Å²) in [5.74, 6) is 1.84. The highest BCUT2D eigenvalue weighted by molar-refractivity contribution is 5.51. The van der Waals surface area contributed by atoms with Crippen molar-refractivity contribution in [2.45, 2.75) is 26.3 Å². The van der Waals surface area contributed by atoms with Crippen LogP contribution in [0.25, 0.3) is 0 Å². The average Bonchev–Trinajstić information content (AvgIpc) is 2.75. The SMILES string of the molecule is Cc1cc(N)cnc1NC(C)Cc1ccco1. The quantitative estimate of drug-likeness (QED) is 0.849. The second-order valence-electron chi connectivity index (χ2n) is 4.26. The molecule has 0 fully saturated rings. The Hall–Kier alpha value is -1.97. The van der Waals surface area contributed by atoms with Crippen LogP contribution >= 0.6 is 0 Å². The molecule has 3 N–H and O–H groups in total. The van der Waals surface area contributed by atoms with Gasteiger partial charge in [-0.2, -0.15) is 0 Å². The first-order chi connectivity index (χ1) is 8.15. The lowest BCUT2D eigenvalue weighted by molar-refractivity contribution is 0.497. The molecule has 2 aromatic rings. The molecule has 90 valence electrons. The third kappa shape index (κ3) is 3.00. The molecule has 0 saturated carbocycles. The van der Waals surface area contributed by atoms with Gasteiger partial charge in [-0.3, -0.25) is 0 Å². The molecule has 0 radical (unpaired) electrons. The molecule has 1 unspecified atom stereocenters. The summed E-state index contributed by atoms with van der Waals surface area (Å²) >= 11 is 0. The molecule has 17 heavy (non-hydrogen) atoms. The van der Waals surface area contributed by atoms with Crippen LogP contribution in [-0.4, -0.2) is 11.0 Å². The second-order valence-corrected chi connectivity index (χ2v) is 4.26. The smallest absolute Gasteiger partial charge is 0.129 e. The molecule has 0 spiro atoms. The first-order valence-electron chi connectivity index (χ1n) is 5.66. The summed E-state index contributed by atoms with van der Waals surface area (Å²) in [6, 6.07) is 6.04. The first-order valence-corrected chi connectivity index (χ1v) is 5.66. The highest BCUT2D eigenvalue weighted by atomic mass is 16.3. The fourth-order valence-electron chi connectivity index (χ4n) is 1.76. The van der Waals surface area contributed by atoms with E-state index < -0.39 is 0 Å². The van der Waals surface area contributed by atoms with Crippen molar-refractivity contribution in [3.63, 3.8) is 0 Å². The third-order valence-corrected chi connectivity index (χ3v) is 2.57. The highest BCUT2D eigenvalue weighted by Gasteiger charge is 2.08. The maximum absolute atomic E-state index is 5.66. The number of anilines is 2. The van der Waals surface area contributed by atoms with Crippen molar-refractivity contribution in [1.29, 1.82) is 0 Å². The van der Waals surface area contributed by atoms with Crippen LogP contribution in [0.1, 0.15) is 18.2 Å². The molecule has 2 rings (SSSR count). The zero-order chi connectivity index (χ0) is 12.3. The van der Waals surface area contributed by atoms with Crippen LogP contribution in [0.5, 0.6) is 0 Å². The van der Waals surface area contributed by atoms with Gasteiger partial charge in [0.15, 0.2) is 0 Å². The number of nitrogens with two attached hydrogens (primary N) is 1. The Bertz CT molecular complexity index is 479. The van der Waals surface area contributed by atoms with Crippen molar-refractivity contribution in [1.82, 2.24) is 4.98 Å². The number of nitrogen functional groups attached to an aromatic ring is 1. The fraction of sp³-hybridized carbons (Fsp3) is 0.308. The van der Waals surface area contributed by atoms with Crippen LogP contribution in [0, 0.1) is 6.92 Å². The maximum atomic E-state index is 5.66. The zero-order valence-electron chi connectivity index (χ0n) is 10.1. The fourth-order valence-corrected chi connectivity index (χ4v) is 1.76. The van der Waals surface area contributed by atoms with Gasteiger partial charge < -0.3 is 15.5 Å². The van der Waals surface area contributed by atoms with Gasteiger partial charge in [0.1, 0.15) is 11.6 Å². The van der Waals surface area contributed by atoms with Gasteiger partial charge in [-0.1, -0.05) is 0 Å². The van der Waals surface area contributed by atoms with Crippen molar-refractivity contribution in [2.75, 3.05) is 11.1 Å². The molecule has 0 saturated heterocycles. The monoisotopic (exact) mass is 231 g/mol. The van der Waals surface area contributed by atoms with Gasteiger partial charge in [-0.05, 0) is 37.6 Å². The molecule has 1 atom stereocenters. The van der Waals surface area contributed by atoms with E-state index in [4.69, 9.17) is 10.2 Å². The molecule has 0 bridgehead atoms. The van der Waals surface area contributed by atoms with E-state index in [0.29, 0.717) is 5.69 Å². The Balaban J connectivity index is 2.00. The summed E-state index contributed by atoms with van der Waals surface area (Å²) in [5.41, 5.74) is 7.40. The van der Waals surface area contributed by atoms with Gasteiger partial charge in [-0.15, -0.1) is 0 Å². The molecular weight excluding hydrogens is 214 g/mol. The van der Waals surface area contributed by atoms with Crippen molar-refractivity contribution in [3.05, 3.63) is 42.0 Å². The number of hydrogen-bond acceptors (Lipinski definition) is 4. The number of nitrogens with one attached hydrogen (secondary N) is 1. The zero-order valence-corrected chi connectivity index (χ0v) is 10.1. The van der Waals surface area contributed by atoms with Crippen LogP contribution in [0.4, 0.5) is 11.5 Å². The van der Waals surface area contributed by atoms with E-state index in [1.807, 2.05) is 25.1 Å². The van der Waals surface area contributed by atoms with Crippen molar-refractivity contribution < 1.29 is 4.42 Å². The van der Waals surface area contributed by atoms with E-state index in [0.717, 1.165) is 23.6 Å². The van der Waals surface area contributed by atoms with Crippen LogP contribution in [-0.2, 0) is 6.42 Å². The minimum absolute atomic E-state index is 0.260. The molecule has 2 heterocycles. The standard InChI is InChI=1S/C13H17N3O/c1-9-6-11(14)8-15-13(9)16-10(2)7-12-4-3-5-17-12/h3-6,8,10H,7,14H2,1-2H3,(H,15,16). The van der Waals surface area contributed by atoms with Gasteiger partial charge in [0.05, 0.1) is 18.1 Å². The van der Waals surface area contributed by atoms with Crippen molar-refractivity contribution in [3.8, 4) is 0 Å². The van der Waals surface area contributed by atoms with Gasteiger partial charge in [0.2, 0.25) is 0 Å². The van der Waals surface area contributed by atoms with Gasteiger partial charge in [-0.25, -0.2) is 4.98 Å². The number of hydrogen-bond donors (Lipinski definition) is 2. The van der Waals surface area contributed by atoms with Crippen LogP contribution < -0.4 is 11.1 Å². The molecule has 2 aromatic heterocycles. The van der Waals surface area contributed by atoms with Crippen molar-refractivity contribution in [2.24, 2.45) is 0 Å². The summed E-state index contributed by atoms with van der Waals surface area (Å²) < 4.78 is 5.31. The van der Waals surface area contributed by atoms with Crippen LogP contribution in [0.15, 0.2) is 35.1 Å². The minimum atomic E-state index is 0.260. The lowest BCUT2D eigenvalue weighted by atomic mass is 10.2. The lowest BCUT2D eigenvalue weighted by Gasteiger charge is -2.15. The highest BCUT2D eigenvalue weighted by Crippen LogP contribution is 2.16. The molecule has 0 aliphatic rings. The number of pyridine rings is 1. The lowest BCUT2D eigenvalue weighted by Crippen LogP contribution is -2.19. The number of rotatable bonds is 4. The first kappa shape index (κ1) is 11.5.